The van der Waals surface area contributed by atoms with E-state index in [1.807, 2.05) is 45.0 Å². The number of aromatic nitrogens is 1. The van der Waals surface area contributed by atoms with E-state index in [0.717, 1.165) is 17.0 Å². The molecule has 1 aromatic heterocycles. The van der Waals surface area contributed by atoms with E-state index in [4.69, 9.17) is 14.3 Å². The molecule has 2 aromatic rings. The van der Waals surface area contributed by atoms with Crippen LogP contribution in [0.25, 0.3) is 0 Å². The zero-order chi connectivity index (χ0) is 20.9. The van der Waals surface area contributed by atoms with E-state index >= 15 is 0 Å². The minimum absolute atomic E-state index is 0.131. The Morgan fingerprint density at radius 1 is 1.18 bits per heavy atom. The summed E-state index contributed by atoms with van der Waals surface area (Å²) in [6.45, 7) is 11.3. The summed E-state index contributed by atoms with van der Waals surface area (Å²) in [5, 5.41) is 4.17. The molecule has 0 saturated heterocycles. The van der Waals surface area contributed by atoms with Gasteiger partial charge >= 0.3 is 5.97 Å². The zero-order valence-corrected chi connectivity index (χ0v) is 17.6. The molecule has 0 N–H and O–H groups in total. The van der Waals surface area contributed by atoms with Gasteiger partial charge in [0.2, 0.25) is 0 Å². The van der Waals surface area contributed by atoms with Gasteiger partial charge in [0.25, 0.3) is 0 Å². The fraction of sp³-hybridized carbons (Fsp3) is 0.409. The molecule has 0 saturated carbocycles. The monoisotopic (exact) mass is 384 g/mol. The van der Waals surface area contributed by atoms with Crippen LogP contribution >= 0.6 is 0 Å². The van der Waals surface area contributed by atoms with Crippen LogP contribution in [0.1, 0.15) is 50.2 Å². The van der Waals surface area contributed by atoms with Gasteiger partial charge in [-0.15, -0.1) is 0 Å². The molecule has 0 bridgehead atoms. The second kappa shape index (κ2) is 8.87. The number of carbonyl (C=O) groups is 1. The van der Waals surface area contributed by atoms with Gasteiger partial charge in [-0.05, 0) is 65.3 Å². The predicted octanol–water partition coefficient (Wildman–Crippen LogP) is 4.60. The van der Waals surface area contributed by atoms with Crippen molar-refractivity contribution in [2.24, 2.45) is 10.6 Å². The van der Waals surface area contributed by atoms with Crippen LogP contribution in [0.4, 0.5) is 0 Å². The van der Waals surface area contributed by atoms with Crippen molar-refractivity contribution in [2.45, 2.75) is 48.1 Å². The maximum Gasteiger partial charge on any atom is 0.316 e. The minimum Gasteiger partial charge on any atom is -0.493 e. The Balaban J connectivity index is 2.20. The molecule has 0 amide bonds. The molecular formula is C22H28N2O4. The highest BCUT2D eigenvalue weighted by atomic mass is 16.6. The number of hydrogen-bond donors (Lipinski definition) is 0. The van der Waals surface area contributed by atoms with Crippen molar-refractivity contribution in [3.8, 4) is 11.5 Å². The Morgan fingerprint density at radius 3 is 2.50 bits per heavy atom. The largest absolute Gasteiger partial charge is 0.493 e. The number of rotatable bonds is 6. The molecule has 6 heteroatoms. The molecule has 0 fully saturated rings. The number of hydrogen-bond acceptors (Lipinski definition) is 6. The molecule has 1 aromatic carbocycles. The van der Waals surface area contributed by atoms with Crippen molar-refractivity contribution in [3.63, 3.8) is 0 Å². The van der Waals surface area contributed by atoms with Gasteiger partial charge in [0.15, 0.2) is 11.5 Å². The highest BCUT2D eigenvalue weighted by Gasteiger charge is 2.26. The molecule has 0 aliphatic carbocycles. The predicted molar refractivity (Wildman–Crippen MR) is 109 cm³/mol. The number of esters is 1. The first-order valence-electron chi connectivity index (χ1n) is 9.12. The Hall–Kier alpha value is -2.89. The average Bonchev–Trinajstić information content (AvgIpc) is 2.61. The number of carbonyl (C=O) groups excluding carboxylic acids is 1. The standard InChI is InChI=1S/C22H28N2O4/c1-14-11-15(2)23-18(12-14)16(3)24-27-13-17-9-8-10-19(26-7)20(17)28-21(25)22(4,5)6/h8-12H,13H2,1-7H3/b24-16+. The summed E-state index contributed by atoms with van der Waals surface area (Å²) in [5.41, 5.74) is 3.50. The lowest BCUT2D eigenvalue weighted by Gasteiger charge is -2.19. The number of pyridine rings is 1. The second-order valence-corrected chi connectivity index (χ2v) is 7.71. The van der Waals surface area contributed by atoms with Gasteiger partial charge in [-0.2, -0.15) is 0 Å². The Morgan fingerprint density at radius 2 is 1.89 bits per heavy atom. The number of oxime groups is 1. The summed E-state index contributed by atoms with van der Waals surface area (Å²) in [6.07, 6.45) is 0. The third-order valence-corrected chi connectivity index (χ3v) is 3.98. The SMILES string of the molecule is COc1cccc(CO/N=C(\C)c2cc(C)cc(C)n2)c1OC(=O)C(C)(C)C. The van der Waals surface area contributed by atoms with Gasteiger partial charge in [-0.3, -0.25) is 9.78 Å². The minimum atomic E-state index is -0.636. The van der Waals surface area contributed by atoms with Gasteiger partial charge in [-0.25, -0.2) is 0 Å². The van der Waals surface area contributed by atoms with Gasteiger partial charge in [0, 0.05) is 11.3 Å². The quantitative estimate of drug-likeness (QED) is 0.315. The molecule has 1 heterocycles. The Bertz CT molecular complexity index is 862. The summed E-state index contributed by atoms with van der Waals surface area (Å²) in [5.74, 6) is 0.468. The summed E-state index contributed by atoms with van der Waals surface area (Å²) < 4.78 is 10.9. The normalized spacial score (nSPS) is 11.9. The van der Waals surface area contributed by atoms with Crippen LogP contribution in [0.15, 0.2) is 35.5 Å². The smallest absolute Gasteiger partial charge is 0.316 e. The van der Waals surface area contributed by atoms with Crippen LogP contribution < -0.4 is 9.47 Å². The summed E-state index contributed by atoms with van der Waals surface area (Å²) >= 11 is 0. The zero-order valence-electron chi connectivity index (χ0n) is 17.6. The summed E-state index contributed by atoms with van der Waals surface area (Å²) in [6, 6.07) is 9.32. The number of ether oxygens (including phenoxy) is 2. The van der Waals surface area contributed by atoms with Crippen LogP contribution in [-0.2, 0) is 16.2 Å². The fourth-order valence-corrected chi connectivity index (χ4v) is 2.47. The van der Waals surface area contributed by atoms with Gasteiger partial charge < -0.3 is 14.3 Å². The fourth-order valence-electron chi connectivity index (χ4n) is 2.47. The molecule has 0 aliphatic rings. The van der Waals surface area contributed by atoms with Crippen molar-refractivity contribution >= 4 is 11.7 Å². The van der Waals surface area contributed by atoms with Crippen molar-refractivity contribution < 1.29 is 19.1 Å². The van der Waals surface area contributed by atoms with Crippen LogP contribution in [0.2, 0.25) is 0 Å². The molecule has 0 spiro atoms. The number of methoxy groups -OCH3 is 1. The first kappa shape index (κ1) is 21.4. The van der Waals surface area contributed by atoms with E-state index in [1.54, 1.807) is 26.8 Å². The third kappa shape index (κ3) is 5.55. The number of benzene rings is 1. The summed E-state index contributed by atoms with van der Waals surface area (Å²) in [7, 11) is 1.53. The molecule has 28 heavy (non-hydrogen) atoms. The van der Waals surface area contributed by atoms with E-state index in [9.17, 15) is 4.79 Å². The maximum absolute atomic E-state index is 12.3. The van der Waals surface area contributed by atoms with Gasteiger partial charge in [0.05, 0.1) is 18.2 Å². The molecule has 2 rings (SSSR count). The molecule has 6 nitrogen and oxygen atoms in total. The third-order valence-electron chi connectivity index (χ3n) is 3.98. The topological polar surface area (TPSA) is 70.0 Å². The number of aryl methyl sites for hydroxylation is 2. The van der Waals surface area contributed by atoms with Crippen molar-refractivity contribution in [3.05, 3.63) is 52.8 Å². The Kier molecular flexibility index (Phi) is 6.78. The van der Waals surface area contributed by atoms with Crippen LogP contribution in [0.5, 0.6) is 11.5 Å². The van der Waals surface area contributed by atoms with Gasteiger partial charge in [-0.1, -0.05) is 17.3 Å². The maximum atomic E-state index is 12.3. The summed E-state index contributed by atoms with van der Waals surface area (Å²) in [4.78, 5) is 22.3. The van der Waals surface area contributed by atoms with E-state index in [1.165, 1.54) is 7.11 Å². The van der Waals surface area contributed by atoms with Crippen molar-refractivity contribution in [1.82, 2.24) is 4.98 Å². The lowest BCUT2D eigenvalue weighted by Crippen LogP contribution is -2.26. The molecule has 0 unspecified atom stereocenters. The molecule has 0 radical (unpaired) electrons. The van der Waals surface area contributed by atoms with Crippen LogP contribution in [0, 0.1) is 19.3 Å². The molecule has 150 valence electrons. The molecule has 0 aliphatic heterocycles. The van der Waals surface area contributed by atoms with Gasteiger partial charge in [0.1, 0.15) is 12.3 Å². The first-order valence-corrected chi connectivity index (χ1v) is 9.12. The van der Waals surface area contributed by atoms with Crippen LogP contribution in [-0.4, -0.2) is 23.8 Å². The average molecular weight is 384 g/mol. The van der Waals surface area contributed by atoms with E-state index in [-0.39, 0.29) is 12.6 Å². The van der Waals surface area contributed by atoms with E-state index in [2.05, 4.69) is 10.1 Å². The lowest BCUT2D eigenvalue weighted by molar-refractivity contribution is -0.143. The molecular weight excluding hydrogens is 356 g/mol. The lowest BCUT2D eigenvalue weighted by atomic mass is 9.97. The van der Waals surface area contributed by atoms with Crippen molar-refractivity contribution in [2.75, 3.05) is 7.11 Å². The highest BCUT2D eigenvalue weighted by molar-refractivity contribution is 5.96. The van der Waals surface area contributed by atoms with Crippen LogP contribution in [0.3, 0.4) is 0 Å². The number of para-hydroxylation sites is 1. The highest BCUT2D eigenvalue weighted by Crippen LogP contribution is 2.33. The van der Waals surface area contributed by atoms with E-state index < -0.39 is 5.41 Å². The van der Waals surface area contributed by atoms with Crippen molar-refractivity contribution in [1.29, 1.82) is 0 Å². The number of nitrogens with zero attached hydrogens (tertiary/aromatic N) is 2. The first-order chi connectivity index (χ1) is 13.1. The second-order valence-electron chi connectivity index (χ2n) is 7.71. The Labute approximate surface area is 166 Å². The van der Waals surface area contributed by atoms with E-state index in [0.29, 0.717) is 22.8 Å². The molecule has 0 atom stereocenters.